The minimum Gasteiger partial charge on any atom is -0.504 e. The number of likely N-dealkylation sites (N-methyl/N-ethyl adjacent to an activating group) is 1. The van der Waals surface area contributed by atoms with Crippen molar-refractivity contribution in [3.63, 3.8) is 0 Å². The van der Waals surface area contributed by atoms with Gasteiger partial charge in [-0.1, -0.05) is 6.07 Å². The summed E-state index contributed by atoms with van der Waals surface area (Å²) >= 11 is 0. The Morgan fingerprint density at radius 1 is 1.33 bits per heavy atom. The van der Waals surface area contributed by atoms with Gasteiger partial charge in [0, 0.05) is 17.0 Å². The molecule has 4 aliphatic rings. The lowest BCUT2D eigenvalue weighted by atomic mass is 9.51. The maximum atomic E-state index is 10.5. The van der Waals surface area contributed by atoms with Crippen molar-refractivity contribution in [2.45, 2.75) is 49.3 Å². The van der Waals surface area contributed by atoms with Crippen molar-refractivity contribution in [2.75, 3.05) is 13.6 Å². The van der Waals surface area contributed by atoms with Gasteiger partial charge in [0.25, 0.3) is 0 Å². The fourth-order valence-corrected chi connectivity index (χ4v) is 5.71. The van der Waals surface area contributed by atoms with Crippen LogP contribution in [-0.4, -0.2) is 47.0 Å². The van der Waals surface area contributed by atoms with Crippen molar-refractivity contribution in [2.24, 2.45) is 5.92 Å². The second kappa shape index (κ2) is 3.73. The van der Waals surface area contributed by atoms with E-state index in [-0.39, 0.29) is 17.3 Å². The monoisotopic (exact) mass is 287 g/mol. The summed E-state index contributed by atoms with van der Waals surface area (Å²) in [6.07, 6.45) is 3.35. The average molecular weight is 287 g/mol. The molecule has 5 atom stereocenters. The van der Waals surface area contributed by atoms with Crippen molar-refractivity contribution in [3.05, 3.63) is 23.3 Å². The van der Waals surface area contributed by atoms with Crippen molar-refractivity contribution >= 4 is 0 Å². The van der Waals surface area contributed by atoms with Crippen molar-refractivity contribution < 1.29 is 14.9 Å². The quantitative estimate of drug-likeness (QED) is 0.758. The van der Waals surface area contributed by atoms with Crippen molar-refractivity contribution in [1.29, 1.82) is 0 Å². The molecule has 1 saturated heterocycles. The molecule has 0 amide bonds. The average Bonchev–Trinajstić information content (AvgIpc) is 2.83. The molecule has 1 aromatic rings. The van der Waals surface area contributed by atoms with Gasteiger partial charge in [0.15, 0.2) is 11.5 Å². The van der Waals surface area contributed by atoms with Gasteiger partial charge >= 0.3 is 0 Å². The van der Waals surface area contributed by atoms with E-state index in [0.29, 0.717) is 17.7 Å². The molecule has 2 fully saturated rings. The highest BCUT2D eigenvalue weighted by molar-refractivity contribution is 5.60. The fraction of sp³-hybridized carbons (Fsp3) is 0.647. The zero-order valence-electron chi connectivity index (χ0n) is 12.2. The molecule has 1 saturated carbocycles. The van der Waals surface area contributed by atoms with E-state index in [1.807, 2.05) is 0 Å². The summed E-state index contributed by atoms with van der Waals surface area (Å²) in [7, 11) is 2.22. The van der Waals surface area contributed by atoms with E-state index in [4.69, 9.17) is 4.74 Å². The van der Waals surface area contributed by atoms with Crippen LogP contribution in [0.4, 0.5) is 0 Å². The van der Waals surface area contributed by atoms with Gasteiger partial charge in [-0.15, -0.1) is 0 Å². The van der Waals surface area contributed by atoms with E-state index in [9.17, 15) is 10.2 Å². The van der Waals surface area contributed by atoms with Crippen molar-refractivity contribution in [3.8, 4) is 11.5 Å². The Hall–Kier alpha value is -1.26. The Kier molecular flexibility index (Phi) is 2.19. The van der Waals surface area contributed by atoms with E-state index in [1.54, 1.807) is 6.07 Å². The SMILES string of the molecule is CN1CC[C@]23c4c5ccc(O)c4OC2C(O)CCC3[C@H]1C5. The Labute approximate surface area is 124 Å². The van der Waals surface area contributed by atoms with E-state index >= 15 is 0 Å². The first kappa shape index (κ1) is 12.3. The van der Waals surface area contributed by atoms with Gasteiger partial charge in [0.05, 0.1) is 6.10 Å². The number of aromatic hydroxyl groups is 1. The molecule has 0 radical (unpaired) electrons. The molecule has 2 N–H and O–H groups in total. The number of piperidine rings is 1. The number of benzene rings is 1. The summed E-state index contributed by atoms with van der Waals surface area (Å²) in [5.74, 6) is 1.44. The number of phenols is 1. The number of aliphatic hydroxyl groups is 1. The number of hydrogen-bond acceptors (Lipinski definition) is 4. The third kappa shape index (κ3) is 1.25. The van der Waals surface area contributed by atoms with Crippen LogP contribution in [0, 0.1) is 5.92 Å². The van der Waals surface area contributed by atoms with Crippen LogP contribution in [-0.2, 0) is 11.8 Å². The van der Waals surface area contributed by atoms with Gasteiger partial charge in [0.1, 0.15) is 6.10 Å². The van der Waals surface area contributed by atoms with Gasteiger partial charge in [-0.2, -0.15) is 0 Å². The number of ether oxygens (including phenoxy) is 1. The number of rotatable bonds is 0. The standard InChI is InChI=1S/C17H21NO3/c1-18-7-6-17-10-3-5-13(20)16(17)21-15-12(19)4-2-9(14(15)17)8-11(10)18/h2,4,10-11,13,16,19-20H,3,5-8H2,1H3/t10?,11-,13?,16?,17+/m1/s1. The number of nitrogens with zero attached hydrogens (tertiary/aromatic N) is 1. The molecule has 1 aromatic carbocycles. The number of aliphatic hydroxyl groups excluding tert-OH is 1. The molecule has 5 rings (SSSR count). The summed E-state index contributed by atoms with van der Waals surface area (Å²) in [5.41, 5.74) is 2.46. The maximum Gasteiger partial charge on any atom is 0.165 e. The minimum atomic E-state index is -0.414. The molecule has 2 aliphatic heterocycles. The summed E-state index contributed by atoms with van der Waals surface area (Å²) < 4.78 is 6.14. The Balaban J connectivity index is 1.81. The Bertz CT molecular complexity index is 631. The van der Waals surface area contributed by atoms with Gasteiger partial charge < -0.3 is 19.8 Å². The highest BCUT2D eigenvalue weighted by Gasteiger charge is 2.65. The fourth-order valence-electron chi connectivity index (χ4n) is 5.71. The van der Waals surface area contributed by atoms with Gasteiger partial charge in [0.2, 0.25) is 0 Å². The van der Waals surface area contributed by atoms with Crippen LogP contribution in [0.3, 0.4) is 0 Å². The predicted octanol–water partition coefficient (Wildman–Crippen LogP) is 1.42. The maximum absolute atomic E-state index is 10.5. The summed E-state index contributed by atoms with van der Waals surface area (Å²) in [6.45, 7) is 1.04. The van der Waals surface area contributed by atoms with Crippen molar-refractivity contribution in [1.82, 2.24) is 4.90 Å². The van der Waals surface area contributed by atoms with Crippen LogP contribution in [0.1, 0.15) is 30.4 Å². The molecule has 21 heavy (non-hydrogen) atoms. The molecular formula is C17H21NO3. The van der Waals surface area contributed by atoms with Crippen LogP contribution in [0.15, 0.2) is 12.1 Å². The summed E-state index contributed by atoms with van der Waals surface area (Å²) in [4.78, 5) is 2.48. The first-order valence-electron chi connectivity index (χ1n) is 8.03. The van der Waals surface area contributed by atoms with Gasteiger partial charge in [-0.25, -0.2) is 0 Å². The number of hydrogen-bond donors (Lipinski definition) is 2. The summed E-state index contributed by atoms with van der Waals surface area (Å²) in [6, 6.07) is 4.36. The zero-order valence-corrected chi connectivity index (χ0v) is 12.2. The second-order valence-electron chi connectivity index (χ2n) is 7.28. The van der Waals surface area contributed by atoms with E-state index in [2.05, 4.69) is 18.0 Å². The number of likely N-dealkylation sites (tertiary alicyclic amines) is 1. The molecule has 112 valence electrons. The molecule has 4 nitrogen and oxygen atoms in total. The Morgan fingerprint density at radius 2 is 2.19 bits per heavy atom. The number of phenolic OH excluding ortho intramolecular Hbond substituents is 1. The third-order valence-corrected chi connectivity index (χ3v) is 6.56. The van der Waals surface area contributed by atoms with Crippen LogP contribution in [0.5, 0.6) is 11.5 Å². The largest absolute Gasteiger partial charge is 0.504 e. The van der Waals surface area contributed by atoms with E-state index in [0.717, 1.165) is 32.2 Å². The lowest BCUT2D eigenvalue weighted by Gasteiger charge is -2.58. The highest BCUT2D eigenvalue weighted by atomic mass is 16.5. The predicted molar refractivity (Wildman–Crippen MR) is 77.7 cm³/mol. The highest BCUT2D eigenvalue weighted by Crippen LogP contribution is 2.63. The topological polar surface area (TPSA) is 52.9 Å². The molecule has 2 aliphatic carbocycles. The van der Waals surface area contributed by atoms with Crippen LogP contribution < -0.4 is 4.74 Å². The molecule has 2 bridgehead atoms. The van der Waals surface area contributed by atoms with Crippen LogP contribution in [0.2, 0.25) is 0 Å². The molecule has 1 spiro atoms. The molecule has 2 heterocycles. The smallest absolute Gasteiger partial charge is 0.165 e. The molecular weight excluding hydrogens is 266 g/mol. The van der Waals surface area contributed by atoms with Gasteiger partial charge in [-0.05, 0) is 56.8 Å². The lowest BCUT2D eigenvalue weighted by molar-refractivity contribution is -0.0993. The first-order valence-corrected chi connectivity index (χ1v) is 8.03. The van der Waals surface area contributed by atoms with E-state index in [1.165, 1.54) is 11.1 Å². The first-order chi connectivity index (χ1) is 10.1. The van der Waals surface area contributed by atoms with Crippen LogP contribution in [0.25, 0.3) is 0 Å². The Morgan fingerprint density at radius 3 is 3.05 bits per heavy atom. The van der Waals surface area contributed by atoms with Crippen LogP contribution >= 0.6 is 0 Å². The minimum absolute atomic E-state index is 0.0729. The lowest BCUT2D eigenvalue weighted by Crippen LogP contribution is -2.66. The molecule has 4 heteroatoms. The van der Waals surface area contributed by atoms with Gasteiger partial charge in [-0.3, -0.25) is 0 Å². The molecule has 0 aromatic heterocycles. The molecule has 3 unspecified atom stereocenters. The third-order valence-electron chi connectivity index (χ3n) is 6.56. The summed E-state index contributed by atoms with van der Waals surface area (Å²) in [5, 5.41) is 20.8. The normalized spacial score (nSPS) is 43.3. The zero-order chi connectivity index (χ0) is 14.4. The second-order valence-corrected chi connectivity index (χ2v) is 7.28. The van der Waals surface area contributed by atoms with E-state index < -0.39 is 6.10 Å².